The third kappa shape index (κ3) is 4.19. The maximum atomic E-state index is 12.9. The molecule has 8 heteroatoms. The Hall–Kier alpha value is -2.68. The molecule has 27 heavy (non-hydrogen) atoms. The van der Waals surface area contributed by atoms with Gasteiger partial charge in [-0.05, 0) is 53.5 Å². The maximum absolute atomic E-state index is 12.9. The predicted octanol–water partition coefficient (Wildman–Crippen LogP) is 1.96. The molecule has 0 atom stereocenters. The molecular weight excluding hydrogens is 368 g/mol. The summed E-state index contributed by atoms with van der Waals surface area (Å²) in [4.78, 5) is 11.3. The number of sulfonamides is 1. The summed E-state index contributed by atoms with van der Waals surface area (Å²) in [6, 6.07) is 12.0. The summed E-state index contributed by atoms with van der Waals surface area (Å²) in [5.41, 5.74) is 4.26. The second-order valence-electron chi connectivity index (χ2n) is 6.10. The first-order valence-corrected chi connectivity index (χ1v) is 9.76. The summed E-state index contributed by atoms with van der Waals surface area (Å²) in [7, 11) is -2.08. The summed E-state index contributed by atoms with van der Waals surface area (Å²) in [5.74, 6) is -0.0299. The Morgan fingerprint density at radius 3 is 2.59 bits per heavy atom. The van der Waals surface area contributed by atoms with Crippen molar-refractivity contribution in [2.24, 2.45) is 0 Å². The Morgan fingerprint density at radius 2 is 1.93 bits per heavy atom. The van der Waals surface area contributed by atoms with Crippen molar-refractivity contribution in [3.05, 3.63) is 65.2 Å². The molecule has 1 amide bonds. The lowest BCUT2D eigenvalue weighted by Gasteiger charge is -2.28. The number of nitrogens with zero attached hydrogens (tertiary/aromatic N) is 1. The SMILES string of the molecule is COc1ccc(S(=O)(=O)N2CCc3ccc(C=CC(=O)NO)cc3C2)cc1. The monoisotopic (exact) mass is 388 g/mol. The molecule has 0 saturated carbocycles. The number of hydroxylamine groups is 1. The van der Waals surface area contributed by atoms with Gasteiger partial charge in [-0.25, -0.2) is 13.9 Å². The van der Waals surface area contributed by atoms with Gasteiger partial charge in [0, 0.05) is 19.2 Å². The van der Waals surface area contributed by atoms with Gasteiger partial charge in [0.05, 0.1) is 12.0 Å². The molecule has 0 radical (unpaired) electrons. The molecule has 0 unspecified atom stereocenters. The van der Waals surface area contributed by atoms with E-state index in [2.05, 4.69) is 0 Å². The molecule has 2 aromatic carbocycles. The summed E-state index contributed by atoms with van der Waals surface area (Å²) in [6.45, 7) is 0.668. The standard InChI is InChI=1S/C19H20N2O5S/c1-26-17-5-7-18(8-6-17)27(24,25)21-11-10-15-4-2-14(12-16(15)13-21)3-9-19(22)20-23/h2-9,12,23H,10-11,13H2,1H3,(H,20,22). The number of fused-ring (bicyclic) bond motifs is 1. The molecular formula is C19H20N2O5S. The lowest BCUT2D eigenvalue weighted by Crippen LogP contribution is -2.36. The molecule has 142 valence electrons. The van der Waals surface area contributed by atoms with Crippen molar-refractivity contribution in [3.8, 4) is 5.75 Å². The van der Waals surface area contributed by atoms with Crippen LogP contribution >= 0.6 is 0 Å². The molecule has 0 saturated heterocycles. The minimum absolute atomic E-state index is 0.224. The lowest BCUT2D eigenvalue weighted by atomic mass is 9.98. The highest BCUT2D eigenvalue weighted by Crippen LogP contribution is 2.27. The van der Waals surface area contributed by atoms with E-state index in [0.717, 1.165) is 16.7 Å². The largest absolute Gasteiger partial charge is 0.497 e. The van der Waals surface area contributed by atoms with Crippen molar-refractivity contribution in [2.75, 3.05) is 13.7 Å². The van der Waals surface area contributed by atoms with Gasteiger partial charge in [0.25, 0.3) is 5.91 Å². The summed E-state index contributed by atoms with van der Waals surface area (Å²) >= 11 is 0. The van der Waals surface area contributed by atoms with E-state index in [9.17, 15) is 13.2 Å². The highest BCUT2D eigenvalue weighted by Gasteiger charge is 2.28. The van der Waals surface area contributed by atoms with E-state index in [1.165, 1.54) is 35.1 Å². The molecule has 7 nitrogen and oxygen atoms in total. The van der Waals surface area contributed by atoms with Crippen LogP contribution in [-0.2, 0) is 27.8 Å². The fourth-order valence-corrected chi connectivity index (χ4v) is 4.38. The number of ether oxygens (including phenoxy) is 1. The number of rotatable bonds is 5. The van der Waals surface area contributed by atoms with Crippen molar-refractivity contribution in [3.63, 3.8) is 0 Å². The number of carbonyl (C=O) groups is 1. The molecule has 2 N–H and O–H groups in total. The number of hydrogen-bond acceptors (Lipinski definition) is 5. The second kappa shape index (κ2) is 7.91. The number of carbonyl (C=O) groups excluding carboxylic acids is 1. The van der Waals surface area contributed by atoms with Crippen LogP contribution < -0.4 is 10.2 Å². The molecule has 0 fully saturated rings. The normalized spacial score (nSPS) is 14.7. The van der Waals surface area contributed by atoms with Gasteiger partial charge in [0.1, 0.15) is 5.75 Å². The van der Waals surface area contributed by atoms with Crippen LogP contribution in [-0.4, -0.2) is 37.5 Å². The van der Waals surface area contributed by atoms with Crippen LogP contribution in [0, 0.1) is 0 Å². The van der Waals surface area contributed by atoms with Crippen LogP contribution in [0.4, 0.5) is 0 Å². The molecule has 0 spiro atoms. The Bertz CT molecular complexity index is 968. The highest BCUT2D eigenvalue weighted by molar-refractivity contribution is 7.89. The Morgan fingerprint density at radius 1 is 1.19 bits per heavy atom. The zero-order valence-corrected chi connectivity index (χ0v) is 15.6. The first-order chi connectivity index (χ1) is 12.9. The fourth-order valence-electron chi connectivity index (χ4n) is 2.97. The fraction of sp³-hybridized carbons (Fsp3) is 0.211. The van der Waals surface area contributed by atoms with Gasteiger partial charge in [-0.3, -0.25) is 10.0 Å². The van der Waals surface area contributed by atoms with Gasteiger partial charge in [0.15, 0.2) is 0 Å². The Kier molecular flexibility index (Phi) is 5.59. The average molecular weight is 388 g/mol. The van der Waals surface area contributed by atoms with E-state index in [-0.39, 0.29) is 11.4 Å². The van der Waals surface area contributed by atoms with Crippen molar-refractivity contribution in [1.82, 2.24) is 9.79 Å². The van der Waals surface area contributed by atoms with Crippen molar-refractivity contribution in [1.29, 1.82) is 0 Å². The van der Waals surface area contributed by atoms with Gasteiger partial charge < -0.3 is 4.74 Å². The van der Waals surface area contributed by atoms with Gasteiger partial charge in [-0.2, -0.15) is 4.31 Å². The van der Waals surface area contributed by atoms with Gasteiger partial charge >= 0.3 is 0 Å². The molecule has 1 heterocycles. The first kappa shape index (κ1) is 19.1. The first-order valence-electron chi connectivity index (χ1n) is 8.32. The van der Waals surface area contributed by atoms with E-state index in [1.54, 1.807) is 18.2 Å². The van der Waals surface area contributed by atoms with Crippen LogP contribution in [0.15, 0.2) is 53.4 Å². The Balaban J connectivity index is 1.83. The third-order valence-electron chi connectivity index (χ3n) is 4.44. The van der Waals surface area contributed by atoms with E-state index in [0.29, 0.717) is 18.7 Å². The molecule has 0 aliphatic carbocycles. The van der Waals surface area contributed by atoms with E-state index in [4.69, 9.17) is 9.94 Å². The number of amides is 1. The topological polar surface area (TPSA) is 95.9 Å². The lowest BCUT2D eigenvalue weighted by molar-refractivity contribution is -0.124. The summed E-state index contributed by atoms with van der Waals surface area (Å²) in [5, 5.41) is 8.54. The van der Waals surface area contributed by atoms with Crippen molar-refractivity contribution >= 4 is 22.0 Å². The minimum atomic E-state index is -3.61. The van der Waals surface area contributed by atoms with Crippen LogP contribution in [0.3, 0.4) is 0 Å². The third-order valence-corrected chi connectivity index (χ3v) is 6.30. The minimum Gasteiger partial charge on any atom is -0.497 e. The van der Waals surface area contributed by atoms with E-state index >= 15 is 0 Å². The van der Waals surface area contributed by atoms with E-state index < -0.39 is 15.9 Å². The number of methoxy groups -OCH3 is 1. The molecule has 0 aromatic heterocycles. The number of nitrogens with one attached hydrogen (secondary N) is 1. The van der Waals surface area contributed by atoms with Gasteiger partial charge in [-0.1, -0.05) is 18.2 Å². The number of benzene rings is 2. The van der Waals surface area contributed by atoms with Crippen LogP contribution in [0.5, 0.6) is 5.75 Å². The molecule has 1 aliphatic heterocycles. The van der Waals surface area contributed by atoms with Crippen LogP contribution in [0.1, 0.15) is 16.7 Å². The summed E-state index contributed by atoms with van der Waals surface area (Å²) in [6.07, 6.45) is 3.38. The number of hydrogen-bond donors (Lipinski definition) is 2. The maximum Gasteiger partial charge on any atom is 0.267 e. The highest BCUT2D eigenvalue weighted by atomic mass is 32.2. The van der Waals surface area contributed by atoms with Crippen molar-refractivity contribution in [2.45, 2.75) is 17.9 Å². The van der Waals surface area contributed by atoms with Crippen molar-refractivity contribution < 1.29 is 23.2 Å². The predicted molar refractivity (Wildman–Crippen MR) is 99.7 cm³/mol. The summed E-state index contributed by atoms with van der Waals surface area (Å²) < 4.78 is 32.4. The molecule has 1 aliphatic rings. The zero-order chi connectivity index (χ0) is 19.4. The van der Waals surface area contributed by atoms with Crippen LogP contribution in [0.25, 0.3) is 6.08 Å². The van der Waals surface area contributed by atoms with Gasteiger partial charge in [-0.15, -0.1) is 0 Å². The molecule has 0 bridgehead atoms. The Labute approximate surface area is 157 Å². The second-order valence-corrected chi connectivity index (χ2v) is 8.04. The average Bonchev–Trinajstić information content (AvgIpc) is 2.71. The zero-order valence-electron chi connectivity index (χ0n) is 14.8. The quantitative estimate of drug-likeness (QED) is 0.464. The van der Waals surface area contributed by atoms with Crippen LogP contribution in [0.2, 0.25) is 0 Å². The van der Waals surface area contributed by atoms with E-state index in [1.807, 2.05) is 18.2 Å². The van der Waals surface area contributed by atoms with Gasteiger partial charge in [0.2, 0.25) is 10.0 Å². The molecule has 2 aromatic rings. The molecule has 3 rings (SSSR count). The smallest absolute Gasteiger partial charge is 0.267 e.